The first-order valence-electron chi connectivity index (χ1n) is 4.65. The summed E-state index contributed by atoms with van der Waals surface area (Å²) in [5, 5.41) is 0.250. The molecule has 0 radical (unpaired) electrons. The lowest BCUT2D eigenvalue weighted by atomic mass is 10.1. The lowest BCUT2D eigenvalue weighted by molar-refractivity contribution is 0.691. The molecule has 0 amide bonds. The molecule has 0 nitrogen and oxygen atoms in total. The number of rotatable bonds is 6. The summed E-state index contributed by atoms with van der Waals surface area (Å²) < 4.78 is 0. The molecule has 2 unspecified atom stereocenters. The van der Waals surface area contributed by atoms with Crippen LogP contribution in [0.1, 0.15) is 39.5 Å². The van der Waals surface area contributed by atoms with Crippen molar-refractivity contribution in [3.63, 3.8) is 0 Å². The van der Waals surface area contributed by atoms with Crippen LogP contribution in [0, 0.1) is 0 Å². The summed E-state index contributed by atoms with van der Waals surface area (Å²) in [5.41, 5.74) is 0. The van der Waals surface area contributed by atoms with E-state index >= 15 is 0 Å². The highest BCUT2D eigenvalue weighted by atomic mass is 35.5. The van der Waals surface area contributed by atoms with Gasteiger partial charge in [0, 0.05) is 5.38 Å². The van der Waals surface area contributed by atoms with Crippen LogP contribution in [0.2, 0.25) is 0 Å². The molecule has 0 spiro atoms. The predicted octanol–water partition coefficient (Wildman–Crippen LogP) is 4.36. The van der Waals surface area contributed by atoms with Crippen molar-refractivity contribution in [2.24, 2.45) is 0 Å². The van der Waals surface area contributed by atoms with Crippen LogP contribution in [0.25, 0.3) is 0 Å². The fourth-order valence-corrected chi connectivity index (χ4v) is 1.41. The Balaban J connectivity index is 3.43. The average molecular weight is 209 g/mol. The number of halogens is 2. The SMILES string of the molecule is CC/C=C\CCC(Cl)C(Cl)CC. The summed E-state index contributed by atoms with van der Waals surface area (Å²) in [5.74, 6) is 0. The standard InChI is InChI=1S/C10H18Cl2/c1-3-5-6-7-8-10(12)9(11)4-2/h5-6,9-10H,3-4,7-8H2,1-2H3/b6-5-. The Kier molecular flexibility index (Phi) is 8.15. The molecule has 0 aliphatic rings. The minimum absolute atomic E-state index is 0.123. The summed E-state index contributed by atoms with van der Waals surface area (Å²) in [7, 11) is 0. The molecule has 0 aromatic heterocycles. The zero-order valence-corrected chi connectivity index (χ0v) is 9.41. The Morgan fingerprint density at radius 3 is 2.25 bits per heavy atom. The van der Waals surface area contributed by atoms with Gasteiger partial charge in [0.1, 0.15) is 0 Å². The molecule has 2 atom stereocenters. The van der Waals surface area contributed by atoms with Gasteiger partial charge in [-0.2, -0.15) is 0 Å². The van der Waals surface area contributed by atoms with Crippen LogP contribution in [0.3, 0.4) is 0 Å². The van der Waals surface area contributed by atoms with E-state index in [0.29, 0.717) is 0 Å². The van der Waals surface area contributed by atoms with Gasteiger partial charge >= 0.3 is 0 Å². The van der Waals surface area contributed by atoms with E-state index in [0.717, 1.165) is 25.7 Å². The fraction of sp³-hybridized carbons (Fsp3) is 0.800. The van der Waals surface area contributed by atoms with Crippen molar-refractivity contribution in [1.82, 2.24) is 0 Å². The van der Waals surface area contributed by atoms with E-state index in [1.54, 1.807) is 0 Å². The van der Waals surface area contributed by atoms with Crippen LogP contribution < -0.4 is 0 Å². The quantitative estimate of drug-likeness (QED) is 0.450. The largest absolute Gasteiger partial charge is 0.121 e. The fourth-order valence-electron chi connectivity index (χ4n) is 0.977. The molecule has 0 fully saturated rings. The van der Waals surface area contributed by atoms with Crippen molar-refractivity contribution in [3.8, 4) is 0 Å². The molecule has 0 bridgehead atoms. The molecule has 2 heteroatoms. The van der Waals surface area contributed by atoms with Crippen molar-refractivity contribution in [2.75, 3.05) is 0 Å². The minimum Gasteiger partial charge on any atom is -0.121 e. The topological polar surface area (TPSA) is 0 Å². The van der Waals surface area contributed by atoms with Crippen LogP contribution in [0.4, 0.5) is 0 Å². The number of hydrogen-bond acceptors (Lipinski definition) is 0. The maximum absolute atomic E-state index is 6.04. The minimum atomic E-state index is 0.123. The lowest BCUT2D eigenvalue weighted by Crippen LogP contribution is -2.13. The van der Waals surface area contributed by atoms with E-state index in [4.69, 9.17) is 23.2 Å². The molecule has 0 N–H and O–H groups in total. The molecule has 0 saturated carbocycles. The van der Waals surface area contributed by atoms with Gasteiger partial charge in [-0.3, -0.25) is 0 Å². The van der Waals surface area contributed by atoms with Gasteiger partial charge in [0.15, 0.2) is 0 Å². The number of alkyl halides is 2. The highest BCUT2D eigenvalue weighted by Crippen LogP contribution is 2.18. The van der Waals surface area contributed by atoms with Gasteiger partial charge in [-0.15, -0.1) is 23.2 Å². The summed E-state index contributed by atoms with van der Waals surface area (Å²) in [6.45, 7) is 4.19. The molecule has 0 heterocycles. The Morgan fingerprint density at radius 2 is 1.75 bits per heavy atom. The van der Waals surface area contributed by atoms with Gasteiger partial charge in [-0.25, -0.2) is 0 Å². The molecule has 0 rings (SSSR count). The Morgan fingerprint density at radius 1 is 1.08 bits per heavy atom. The van der Waals surface area contributed by atoms with E-state index in [-0.39, 0.29) is 10.8 Å². The van der Waals surface area contributed by atoms with E-state index in [1.807, 2.05) is 0 Å². The molecule has 0 aliphatic carbocycles. The first-order valence-corrected chi connectivity index (χ1v) is 5.52. The third-order valence-corrected chi connectivity index (χ3v) is 3.06. The summed E-state index contributed by atoms with van der Waals surface area (Å²) in [4.78, 5) is 0. The normalized spacial score (nSPS) is 16.7. The van der Waals surface area contributed by atoms with Crippen molar-refractivity contribution in [2.45, 2.75) is 50.3 Å². The molecular weight excluding hydrogens is 191 g/mol. The molecular formula is C10H18Cl2. The molecule has 72 valence electrons. The van der Waals surface area contributed by atoms with Crippen molar-refractivity contribution < 1.29 is 0 Å². The van der Waals surface area contributed by atoms with Gasteiger partial charge in [-0.05, 0) is 25.7 Å². The van der Waals surface area contributed by atoms with Crippen molar-refractivity contribution >= 4 is 23.2 Å². The second-order valence-corrected chi connectivity index (χ2v) is 4.02. The second kappa shape index (κ2) is 7.94. The van der Waals surface area contributed by atoms with Crippen LogP contribution in [-0.4, -0.2) is 10.8 Å². The first-order chi connectivity index (χ1) is 5.72. The third-order valence-electron chi connectivity index (χ3n) is 1.79. The smallest absolute Gasteiger partial charge is 0.0502 e. The highest BCUT2D eigenvalue weighted by Gasteiger charge is 2.12. The van der Waals surface area contributed by atoms with Gasteiger partial charge < -0.3 is 0 Å². The maximum Gasteiger partial charge on any atom is 0.0502 e. The molecule has 0 aromatic rings. The second-order valence-electron chi connectivity index (χ2n) is 2.90. The highest BCUT2D eigenvalue weighted by molar-refractivity contribution is 6.29. The average Bonchev–Trinajstić information content (AvgIpc) is 2.10. The van der Waals surface area contributed by atoms with Crippen molar-refractivity contribution in [3.05, 3.63) is 12.2 Å². The number of allylic oxidation sites excluding steroid dienone is 2. The third kappa shape index (κ3) is 5.91. The Hall–Kier alpha value is 0.320. The van der Waals surface area contributed by atoms with Gasteiger partial charge in [-0.1, -0.05) is 26.0 Å². The molecule has 0 aliphatic heterocycles. The summed E-state index contributed by atoms with van der Waals surface area (Å²) in [6.07, 6.45) is 8.43. The molecule has 0 aromatic carbocycles. The van der Waals surface area contributed by atoms with E-state index in [2.05, 4.69) is 26.0 Å². The maximum atomic E-state index is 6.04. The van der Waals surface area contributed by atoms with Crippen molar-refractivity contribution in [1.29, 1.82) is 0 Å². The Bertz CT molecular complexity index is 121. The van der Waals surface area contributed by atoms with Gasteiger partial charge in [0.05, 0.1) is 5.38 Å². The summed E-state index contributed by atoms with van der Waals surface area (Å²) >= 11 is 12.0. The molecule has 0 saturated heterocycles. The van der Waals surface area contributed by atoms with Gasteiger partial charge in [0.2, 0.25) is 0 Å². The number of hydrogen-bond donors (Lipinski definition) is 0. The van der Waals surface area contributed by atoms with Crippen LogP contribution >= 0.6 is 23.2 Å². The zero-order chi connectivity index (χ0) is 9.40. The van der Waals surface area contributed by atoms with E-state index in [9.17, 15) is 0 Å². The zero-order valence-electron chi connectivity index (χ0n) is 7.89. The van der Waals surface area contributed by atoms with Crippen LogP contribution in [-0.2, 0) is 0 Å². The summed E-state index contributed by atoms with van der Waals surface area (Å²) in [6, 6.07) is 0. The molecule has 12 heavy (non-hydrogen) atoms. The monoisotopic (exact) mass is 208 g/mol. The van der Waals surface area contributed by atoms with Crippen LogP contribution in [0.15, 0.2) is 12.2 Å². The predicted molar refractivity (Wildman–Crippen MR) is 58.2 cm³/mol. The first kappa shape index (κ1) is 12.3. The van der Waals surface area contributed by atoms with E-state index in [1.165, 1.54) is 0 Å². The Labute approximate surface area is 85.9 Å². The lowest BCUT2D eigenvalue weighted by Gasteiger charge is -2.12. The van der Waals surface area contributed by atoms with E-state index < -0.39 is 0 Å². The van der Waals surface area contributed by atoms with Gasteiger partial charge in [0.25, 0.3) is 0 Å². The van der Waals surface area contributed by atoms with Crippen LogP contribution in [0.5, 0.6) is 0 Å².